The van der Waals surface area contributed by atoms with Crippen LogP contribution in [0.15, 0.2) is 71.6 Å². The summed E-state index contributed by atoms with van der Waals surface area (Å²) in [5, 5.41) is 3.25. The largest absolute Gasteiger partial charge is 0.493 e. The van der Waals surface area contributed by atoms with Crippen molar-refractivity contribution in [1.82, 2.24) is 10.2 Å². The molecule has 0 saturated heterocycles. The zero-order valence-corrected chi connectivity index (χ0v) is 25.6. The summed E-state index contributed by atoms with van der Waals surface area (Å²) in [4.78, 5) is 28.4. The van der Waals surface area contributed by atoms with Gasteiger partial charge in [0.1, 0.15) is 12.6 Å². The first-order valence-corrected chi connectivity index (χ1v) is 14.9. The molecular weight excluding hydrogens is 566 g/mol. The monoisotopic (exact) mass is 601 g/mol. The molecule has 0 heterocycles. The molecule has 0 aliphatic heterocycles. The van der Waals surface area contributed by atoms with Gasteiger partial charge in [-0.3, -0.25) is 13.9 Å². The summed E-state index contributed by atoms with van der Waals surface area (Å²) in [5.41, 5.74) is 1.69. The van der Waals surface area contributed by atoms with E-state index in [9.17, 15) is 18.0 Å². The number of hydrogen-bond donors (Lipinski definition) is 1. The molecule has 0 radical (unpaired) electrons. The lowest BCUT2D eigenvalue weighted by Gasteiger charge is -2.32. The lowest BCUT2D eigenvalue weighted by atomic mass is 10.1. The van der Waals surface area contributed by atoms with Gasteiger partial charge in [0.05, 0.1) is 24.8 Å². The second kappa shape index (κ2) is 13.7. The van der Waals surface area contributed by atoms with Gasteiger partial charge in [-0.05, 0) is 63.6 Å². The Morgan fingerprint density at radius 2 is 1.56 bits per heavy atom. The van der Waals surface area contributed by atoms with Gasteiger partial charge in [-0.25, -0.2) is 8.42 Å². The molecule has 0 aliphatic carbocycles. The predicted molar refractivity (Wildman–Crippen MR) is 160 cm³/mol. The number of anilines is 1. The van der Waals surface area contributed by atoms with Crippen LogP contribution in [0.4, 0.5) is 5.69 Å². The second-order valence-corrected chi connectivity index (χ2v) is 12.1. The Bertz CT molecular complexity index is 1480. The summed E-state index contributed by atoms with van der Waals surface area (Å²) in [6.45, 7) is 6.49. The van der Waals surface area contributed by atoms with Crippen molar-refractivity contribution in [2.75, 3.05) is 25.1 Å². The number of nitrogens with zero attached hydrogens (tertiary/aromatic N) is 2. The van der Waals surface area contributed by atoms with Gasteiger partial charge in [-0.15, -0.1) is 0 Å². The molecule has 0 spiro atoms. The van der Waals surface area contributed by atoms with Crippen LogP contribution < -0.4 is 19.1 Å². The molecule has 3 rings (SSSR count). The number of ether oxygens (including phenoxy) is 2. The average Bonchev–Trinajstić information content (AvgIpc) is 2.94. The molecule has 0 fully saturated rings. The highest BCUT2D eigenvalue weighted by atomic mass is 35.5. The maximum absolute atomic E-state index is 14.0. The van der Waals surface area contributed by atoms with E-state index in [4.69, 9.17) is 21.1 Å². The molecule has 1 N–H and O–H groups in total. The molecule has 0 bridgehead atoms. The molecule has 1 atom stereocenters. The van der Waals surface area contributed by atoms with E-state index in [2.05, 4.69) is 5.32 Å². The van der Waals surface area contributed by atoms with Crippen molar-refractivity contribution in [2.45, 2.75) is 51.2 Å². The topological polar surface area (TPSA) is 105 Å². The minimum atomic E-state index is -4.23. The van der Waals surface area contributed by atoms with Crippen molar-refractivity contribution >= 4 is 39.1 Å². The molecule has 11 heteroatoms. The van der Waals surface area contributed by atoms with Crippen molar-refractivity contribution in [1.29, 1.82) is 0 Å². The van der Waals surface area contributed by atoms with Crippen molar-refractivity contribution in [2.24, 2.45) is 0 Å². The highest BCUT2D eigenvalue weighted by Crippen LogP contribution is 2.34. The van der Waals surface area contributed by atoms with Crippen molar-refractivity contribution in [3.63, 3.8) is 0 Å². The maximum Gasteiger partial charge on any atom is 0.264 e. The van der Waals surface area contributed by atoms with E-state index in [1.807, 2.05) is 20.8 Å². The SMILES string of the molecule is COc1ccc(N(CC(=O)N(Cc2ccccc2Cl)[C@@H](C)C(=O)NC(C)C)S(=O)(=O)c2ccc(C)cc2)cc1OC. The van der Waals surface area contributed by atoms with Gasteiger partial charge in [-0.2, -0.15) is 0 Å². The zero-order valence-electron chi connectivity index (χ0n) is 24.0. The summed E-state index contributed by atoms with van der Waals surface area (Å²) < 4.78 is 39.7. The van der Waals surface area contributed by atoms with Gasteiger partial charge < -0.3 is 19.7 Å². The van der Waals surface area contributed by atoms with Crippen molar-refractivity contribution in [3.8, 4) is 11.5 Å². The molecule has 2 amide bonds. The third kappa shape index (κ3) is 7.71. The predicted octanol–water partition coefficient (Wildman–Crippen LogP) is 4.80. The average molecular weight is 602 g/mol. The lowest BCUT2D eigenvalue weighted by Crippen LogP contribution is -2.52. The number of sulfonamides is 1. The fraction of sp³-hybridized carbons (Fsp3) is 0.333. The number of nitrogens with one attached hydrogen (secondary N) is 1. The fourth-order valence-electron chi connectivity index (χ4n) is 4.14. The Morgan fingerprint density at radius 1 is 0.927 bits per heavy atom. The second-order valence-electron chi connectivity index (χ2n) is 9.82. The van der Waals surface area contributed by atoms with Crippen molar-refractivity contribution in [3.05, 3.63) is 82.9 Å². The fourth-order valence-corrected chi connectivity index (χ4v) is 5.75. The summed E-state index contributed by atoms with van der Waals surface area (Å²) in [5.74, 6) is -0.282. The van der Waals surface area contributed by atoms with Crippen LogP contribution in [-0.2, 0) is 26.2 Å². The number of carbonyl (C=O) groups excluding carboxylic acids is 2. The Hall–Kier alpha value is -3.76. The van der Waals surface area contributed by atoms with Crippen LogP contribution in [0.3, 0.4) is 0 Å². The van der Waals surface area contributed by atoms with Crippen LogP contribution >= 0.6 is 11.6 Å². The van der Waals surface area contributed by atoms with E-state index >= 15 is 0 Å². The third-order valence-electron chi connectivity index (χ3n) is 6.44. The van der Waals surface area contributed by atoms with Crippen LogP contribution in [0, 0.1) is 6.92 Å². The number of halogens is 1. The molecule has 3 aromatic rings. The highest BCUT2D eigenvalue weighted by molar-refractivity contribution is 7.92. The summed E-state index contributed by atoms with van der Waals surface area (Å²) in [6, 6.07) is 16.8. The number of aryl methyl sites for hydroxylation is 1. The standard InChI is InChI=1S/C30H36ClN3O6S/c1-20(2)32-30(36)22(4)33(18-23-9-7-8-10-26(23)31)29(35)19-34(24-13-16-27(39-5)28(17-24)40-6)41(37,38)25-14-11-21(3)12-15-25/h7-17,20,22H,18-19H2,1-6H3,(H,32,36)/t22-/m0/s1. The Labute approximate surface area is 247 Å². The third-order valence-corrected chi connectivity index (χ3v) is 8.60. The molecule has 0 unspecified atom stereocenters. The van der Waals surface area contributed by atoms with Gasteiger partial charge in [0.25, 0.3) is 10.0 Å². The van der Waals surface area contributed by atoms with Crippen molar-refractivity contribution < 1.29 is 27.5 Å². The lowest BCUT2D eigenvalue weighted by molar-refractivity contribution is -0.139. The summed E-state index contributed by atoms with van der Waals surface area (Å²) in [7, 11) is -1.32. The molecule has 3 aromatic carbocycles. The Balaban J connectivity index is 2.10. The molecule has 0 aromatic heterocycles. The molecule has 0 saturated carbocycles. The minimum Gasteiger partial charge on any atom is -0.493 e. The number of hydrogen-bond acceptors (Lipinski definition) is 6. The number of benzene rings is 3. The minimum absolute atomic E-state index is 0.00442. The maximum atomic E-state index is 14.0. The van der Waals surface area contributed by atoms with Gasteiger partial charge in [0.15, 0.2) is 11.5 Å². The molecular formula is C30H36ClN3O6S. The number of amides is 2. The number of carbonyl (C=O) groups is 2. The van der Waals surface area contributed by atoms with Gasteiger partial charge >= 0.3 is 0 Å². The van der Waals surface area contributed by atoms with Crippen LogP contribution in [-0.4, -0.2) is 58.0 Å². The van der Waals surface area contributed by atoms with E-state index < -0.39 is 28.5 Å². The summed E-state index contributed by atoms with van der Waals surface area (Å²) in [6.07, 6.45) is 0. The smallest absolute Gasteiger partial charge is 0.264 e. The van der Waals surface area contributed by atoms with Crippen LogP contribution in [0.5, 0.6) is 11.5 Å². The normalized spacial score (nSPS) is 12.0. The first-order chi connectivity index (χ1) is 19.4. The van der Waals surface area contributed by atoms with Crippen LogP contribution in [0.1, 0.15) is 31.9 Å². The molecule has 41 heavy (non-hydrogen) atoms. The zero-order chi connectivity index (χ0) is 30.3. The van der Waals surface area contributed by atoms with E-state index in [0.717, 1.165) is 9.87 Å². The van der Waals surface area contributed by atoms with Crippen LogP contribution in [0.25, 0.3) is 0 Å². The van der Waals surface area contributed by atoms with Gasteiger partial charge in [0.2, 0.25) is 11.8 Å². The quantitative estimate of drug-likeness (QED) is 0.320. The van der Waals surface area contributed by atoms with Crippen LogP contribution in [0.2, 0.25) is 5.02 Å². The van der Waals surface area contributed by atoms with E-state index in [1.54, 1.807) is 49.4 Å². The first-order valence-electron chi connectivity index (χ1n) is 13.0. The van der Waals surface area contributed by atoms with E-state index in [0.29, 0.717) is 22.1 Å². The molecule has 220 valence electrons. The number of methoxy groups -OCH3 is 2. The highest BCUT2D eigenvalue weighted by Gasteiger charge is 2.33. The van der Waals surface area contributed by atoms with Gasteiger partial charge in [0, 0.05) is 23.7 Å². The van der Waals surface area contributed by atoms with E-state index in [-0.39, 0.29) is 29.1 Å². The summed E-state index contributed by atoms with van der Waals surface area (Å²) >= 11 is 6.40. The first kappa shape index (κ1) is 31.8. The van der Waals surface area contributed by atoms with E-state index in [1.165, 1.54) is 43.4 Å². The number of rotatable bonds is 12. The molecule has 9 nitrogen and oxygen atoms in total. The Kier molecular flexibility index (Phi) is 10.6. The van der Waals surface area contributed by atoms with Gasteiger partial charge in [-0.1, -0.05) is 47.5 Å². The molecule has 0 aliphatic rings. The Morgan fingerprint density at radius 3 is 2.15 bits per heavy atom.